The van der Waals surface area contributed by atoms with Crippen molar-refractivity contribution in [3.05, 3.63) is 22.8 Å². The number of hydrogen-bond acceptors (Lipinski definition) is 5. The third-order valence-electron chi connectivity index (χ3n) is 7.82. The van der Waals surface area contributed by atoms with Gasteiger partial charge < -0.3 is 14.2 Å². The van der Waals surface area contributed by atoms with Crippen LogP contribution >= 0.6 is 0 Å². The summed E-state index contributed by atoms with van der Waals surface area (Å²) in [5, 5.41) is 0. The Bertz CT molecular complexity index is 822. The number of epoxide rings is 2. The molecule has 5 heteroatoms. The second kappa shape index (κ2) is 3.94. The summed E-state index contributed by atoms with van der Waals surface area (Å²) in [5.41, 5.74) is 1.56. The van der Waals surface area contributed by atoms with Crippen molar-refractivity contribution >= 4 is 11.8 Å². The van der Waals surface area contributed by atoms with Gasteiger partial charge in [-0.25, -0.2) is 4.79 Å². The molecule has 1 spiro atoms. The smallest absolute Gasteiger partial charge is 0.334 e. The number of carbonyl (C=O) groups is 2. The molecule has 0 bridgehead atoms. The minimum Gasteiger partial charge on any atom is -0.458 e. The van der Waals surface area contributed by atoms with Gasteiger partial charge in [0.15, 0.2) is 11.2 Å². The predicted molar refractivity (Wildman–Crippen MR) is 86.6 cm³/mol. The molecule has 3 heterocycles. The number of Topliss-reactive ketones (excluding diaryl/α,β-unsaturated/α-hetero) is 1. The second-order valence-electron chi connectivity index (χ2n) is 9.02. The van der Waals surface area contributed by atoms with Gasteiger partial charge in [-0.05, 0) is 53.7 Å². The van der Waals surface area contributed by atoms with Crippen LogP contribution in [0.1, 0.15) is 40.0 Å². The number of fused-ring (bicyclic) bond motifs is 4. The lowest BCUT2D eigenvalue weighted by Gasteiger charge is -2.49. The zero-order chi connectivity index (χ0) is 17.4. The molecule has 3 aliphatic heterocycles. The molecule has 0 aromatic heterocycles. The summed E-state index contributed by atoms with van der Waals surface area (Å²) < 4.78 is 17.4. The molecule has 5 nitrogen and oxygen atoms in total. The lowest BCUT2D eigenvalue weighted by Crippen LogP contribution is -2.55. The topological polar surface area (TPSA) is 68.4 Å². The van der Waals surface area contributed by atoms with Crippen LogP contribution in [0, 0.1) is 17.3 Å². The van der Waals surface area contributed by atoms with E-state index in [4.69, 9.17) is 14.2 Å². The highest BCUT2D eigenvalue weighted by Crippen LogP contribution is 2.70. The van der Waals surface area contributed by atoms with Crippen LogP contribution in [0.2, 0.25) is 0 Å². The molecule has 25 heavy (non-hydrogen) atoms. The Morgan fingerprint density at radius 3 is 2.80 bits per heavy atom. The number of cyclic esters (lactones) is 1. The largest absolute Gasteiger partial charge is 0.458 e. The molecule has 6 atom stereocenters. The van der Waals surface area contributed by atoms with Gasteiger partial charge in [-0.2, -0.15) is 0 Å². The number of esters is 1. The highest BCUT2D eigenvalue weighted by molar-refractivity contribution is 6.06. The van der Waals surface area contributed by atoms with Crippen LogP contribution in [0.25, 0.3) is 0 Å². The van der Waals surface area contributed by atoms with Gasteiger partial charge in [0.05, 0.1) is 0 Å². The second-order valence-corrected chi connectivity index (χ2v) is 9.02. The van der Waals surface area contributed by atoms with E-state index in [1.165, 1.54) is 0 Å². The van der Waals surface area contributed by atoms with Crippen LogP contribution < -0.4 is 0 Å². The van der Waals surface area contributed by atoms with Gasteiger partial charge in [0.25, 0.3) is 0 Å². The molecule has 0 unspecified atom stereocenters. The normalized spacial score (nSPS) is 51.8. The Morgan fingerprint density at radius 1 is 1.24 bits per heavy atom. The Hall–Kier alpha value is -1.46. The van der Waals surface area contributed by atoms with Crippen molar-refractivity contribution in [3.8, 4) is 0 Å². The predicted octanol–water partition coefficient (Wildman–Crippen LogP) is 2.10. The monoisotopic (exact) mass is 342 g/mol. The van der Waals surface area contributed by atoms with Crippen molar-refractivity contribution in [2.24, 2.45) is 17.3 Å². The lowest BCUT2D eigenvalue weighted by molar-refractivity contribution is -0.136. The molecule has 1 saturated carbocycles. The van der Waals surface area contributed by atoms with Crippen molar-refractivity contribution in [1.29, 1.82) is 0 Å². The molecule has 2 saturated heterocycles. The van der Waals surface area contributed by atoms with E-state index in [0.717, 1.165) is 36.0 Å². The fourth-order valence-electron chi connectivity index (χ4n) is 6.29. The zero-order valence-electron chi connectivity index (χ0n) is 14.8. The van der Waals surface area contributed by atoms with Gasteiger partial charge in [-0.3, -0.25) is 4.79 Å². The molecule has 3 aliphatic carbocycles. The molecule has 0 amide bonds. The third-order valence-corrected chi connectivity index (χ3v) is 7.82. The number of hydrogen-bond donors (Lipinski definition) is 0. The molecule has 132 valence electrons. The summed E-state index contributed by atoms with van der Waals surface area (Å²) in [4.78, 5) is 25.4. The molecule has 0 aromatic carbocycles. The molecule has 0 aromatic rings. The Kier molecular flexibility index (Phi) is 2.31. The standard InChI is InChI=1S/C20H22O5/c1-9(2)19-15(24-19)7-13-18(3)5-4-10-11(8-23-16(10)21)12(18)6-14-20(13,25-14)17(19)22/h7,9,12,14-15H,4-6,8H2,1-3H3/t12-,14+,15+,18+,19+,20-/m1/s1. The fourth-order valence-corrected chi connectivity index (χ4v) is 6.29. The minimum absolute atomic E-state index is 0.0762. The quantitative estimate of drug-likeness (QED) is 0.415. The van der Waals surface area contributed by atoms with Crippen LogP contribution in [0.4, 0.5) is 0 Å². The Morgan fingerprint density at radius 2 is 2.04 bits per heavy atom. The van der Waals surface area contributed by atoms with Crippen molar-refractivity contribution in [2.75, 3.05) is 6.61 Å². The fraction of sp³-hybridized carbons (Fsp3) is 0.700. The van der Waals surface area contributed by atoms with Crippen molar-refractivity contribution in [2.45, 2.75) is 63.4 Å². The first kappa shape index (κ1) is 14.7. The van der Waals surface area contributed by atoms with Gasteiger partial charge in [0.1, 0.15) is 18.8 Å². The Labute approximate surface area is 146 Å². The van der Waals surface area contributed by atoms with E-state index in [0.29, 0.717) is 6.61 Å². The minimum atomic E-state index is -0.760. The van der Waals surface area contributed by atoms with Crippen LogP contribution in [-0.4, -0.2) is 41.8 Å². The summed E-state index contributed by atoms with van der Waals surface area (Å²) in [6, 6.07) is 0. The van der Waals surface area contributed by atoms with E-state index in [9.17, 15) is 9.59 Å². The summed E-state index contributed by atoms with van der Waals surface area (Å²) >= 11 is 0. The zero-order valence-corrected chi connectivity index (χ0v) is 14.8. The summed E-state index contributed by atoms with van der Waals surface area (Å²) in [5.74, 6) is 0.367. The van der Waals surface area contributed by atoms with E-state index in [2.05, 4.69) is 26.8 Å². The van der Waals surface area contributed by atoms with E-state index in [-0.39, 0.29) is 41.2 Å². The molecule has 6 rings (SSSR count). The van der Waals surface area contributed by atoms with Crippen LogP contribution in [0.5, 0.6) is 0 Å². The van der Waals surface area contributed by atoms with Gasteiger partial charge >= 0.3 is 5.97 Å². The van der Waals surface area contributed by atoms with E-state index >= 15 is 0 Å². The van der Waals surface area contributed by atoms with E-state index < -0.39 is 11.2 Å². The van der Waals surface area contributed by atoms with Gasteiger partial charge in [0, 0.05) is 5.57 Å². The highest BCUT2D eigenvalue weighted by atomic mass is 16.6. The van der Waals surface area contributed by atoms with Gasteiger partial charge in [-0.15, -0.1) is 0 Å². The number of ether oxygens (including phenoxy) is 3. The number of ketones is 1. The van der Waals surface area contributed by atoms with Crippen LogP contribution in [-0.2, 0) is 23.8 Å². The molecule has 6 aliphatic rings. The highest BCUT2D eigenvalue weighted by Gasteiger charge is 2.82. The molecular weight excluding hydrogens is 320 g/mol. The average molecular weight is 342 g/mol. The number of carbonyl (C=O) groups excluding carboxylic acids is 2. The summed E-state index contributed by atoms with van der Waals surface area (Å²) in [7, 11) is 0. The maximum atomic E-state index is 13.4. The lowest BCUT2D eigenvalue weighted by atomic mass is 9.51. The van der Waals surface area contributed by atoms with Crippen molar-refractivity contribution in [3.63, 3.8) is 0 Å². The van der Waals surface area contributed by atoms with E-state index in [1.54, 1.807) is 0 Å². The van der Waals surface area contributed by atoms with Crippen LogP contribution in [0.15, 0.2) is 22.8 Å². The first-order chi connectivity index (χ1) is 11.9. The number of rotatable bonds is 1. The van der Waals surface area contributed by atoms with Gasteiger partial charge in [0.2, 0.25) is 5.78 Å². The van der Waals surface area contributed by atoms with E-state index in [1.807, 2.05) is 0 Å². The maximum Gasteiger partial charge on any atom is 0.334 e. The average Bonchev–Trinajstić information content (AvgIpc) is 3.44. The van der Waals surface area contributed by atoms with Gasteiger partial charge in [-0.1, -0.05) is 20.8 Å². The summed E-state index contributed by atoms with van der Waals surface area (Å²) in [6.45, 7) is 6.76. The molecular formula is C20H22O5. The maximum absolute atomic E-state index is 13.4. The van der Waals surface area contributed by atoms with Crippen LogP contribution in [0.3, 0.4) is 0 Å². The van der Waals surface area contributed by atoms with Crippen molar-refractivity contribution in [1.82, 2.24) is 0 Å². The first-order valence-electron chi connectivity index (χ1n) is 9.38. The molecule has 0 radical (unpaired) electrons. The third kappa shape index (κ3) is 1.36. The van der Waals surface area contributed by atoms with Crippen molar-refractivity contribution < 1.29 is 23.8 Å². The Balaban J connectivity index is 1.50. The summed E-state index contributed by atoms with van der Waals surface area (Å²) in [6.07, 6.45) is 4.40. The molecule has 3 fully saturated rings. The molecule has 0 N–H and O–H groups in total. The SMILES string of the molecule is CC(C)[C@]12O[C@H]1C=C1[C@]3(O[C@H]3C[C@@H]3C4=C(CC[C@]13C)C(=O)OC4)C2=O. The first-order valence-corrected chi connectivity index (χ1v) is 9.38.